The van der Waals surface area contributed by atoms with Crippen molar-refractivity contribution >= 4 is 62.9 Å². The van der Waals surface area contributed by atoms with E-state index in [2.05, 4.69) is 46.5 Å². The number of aryl methyl sites for hydroxylation is 1. The number of rotatable bonds is 4. The van der Waals surface area contributed by atoms with Crippen LogP contribution in [0.1, 0.15) is 16.4 Å². The van der Waals surface area contributed by atoms with Gasteiger partial charge in [0.2, 0.25) is 0 Å². The number of hydrogen-bond donors (Lipinski definition) is 1. The van der Waals surface area contributed by atoms with E-state index in [9.17, 15) is 0 Å². The number of aromatic nitrogens is 3. The van der Waals surface area contributed by atoms with E-state index in [1.165, 1.54) is 0 Å². The van der Waals surface area contributed by atoms with Gasteiger partial charge in [0.25, 0.3) is 0 Å². The summed E-state index contributed by atoms with van der Waals surface area (Å²) in [7, 11) is 3.79. The van der Waals surface area contributed by atoms with Crippen molar-refractivity contribution in [3.63, 3.8) is 0 Å². The summed E-state index contributed by atoms with van der Waals surface area (Å²) in [5, 5.41) is 6.52. The van der Waals surface area contributed by atoms with Gasteiger partial charge in [0.15, 0.2) is 5.96 Å². The quantitative estimate of drug-likeness (QED) is 0.315. The smallest absolute Gasteiger partial charge is 0.194 e. The molecule has 0 aliphatic heterocycles. The summed E-state index contributed by atoms with van der Waals surface area (Å²) in [5.74, 6) is 0.818. The molecule has 6 nitrogen and oxygen atoms in total. The molecule has 0 aliphatic rings. The third-order valence-corrected chi connectivity index (χ3v) is 4.82. The Kier molecular flexibility index (Phi) is 7.20. The molecule has 0 amide bonds. The van der Waals surface area contributed by atoms with E-state index in [4.69, 9.17) is 0 Å². The molecule has 25 heavy (non-hydrogen) atoms. The van der Waals surface area contributed by atoms with Crippen LogP contribution in [-0.2, 0) is 13.1 Å². The van der Waals surface area contributed by atoms with Gasteiger partial charge in [-0.3, -0.25) is 4.99 Å². The molecule has 134 valence electrons. The molecule has 3 heterocycles. The van der Waals surface area contributed by atoms with Crippen molar-refractivity contribution in [1.82, 2.24) is 24.6 Å². The Bertz CT molecular complexity index is 875. The molecule has 0 atom stereocenters. The van der Waals surface area contributed by atoms with E-state index in [0.29, 0.717) is 6.54 Å². The third kappa shape index (κ3) is 5.14. The van der Waals surface area contributed by atoms with Crippen LogP contribution in [0.3, 0.4) is 0 Å². The van der Waals surface area contributed by atoms with E-state index in [1.807, 2.05) is 42.9 Å². The molecular weight excluding hydrogens is 515 g/mol. The molecule has 3 aromatic heterocycles. The lowest BCUT2D eigenvalue weighted by molar-refractivity contribution is 0.470. The molecule has 3 rings (SSSR count). The predicted octanol–water partition coefficient (Wildman–Crippen LogP) is 3.69. The summed E-state index contributed by atoms with van der Waals surface area (Å²) in [5.41, 5.74) is 2.95. The van der Waals surface area contributed by atoms with Crippen LogP contribution in [0.5, 0.6) is 0 Å². The molecule has 0 unspecified atom stereocenters. The molecule has 0 spiro atoms. The second kappa shape index (κ2) is 8.95. The molecular formula is C16H20BrIN6S. The fraction of sp³-hybridized carbons (Fsp3) is 0.312. The predicted molar refractivity (Wildman–Crippen MR) is 117 cm³/mol. The van der Waals surface area contributed by atoms with Crippen LogP contribution in [0.15, 0.2) is 39.4 Å². The first-order valence-corrected chi connectivity index (χ1v) is 9.18. The van der Waals surface area contributed by atoms with E-state index in [0.717, 1.165) is 39.0 Å². The van der Waals surface area contributed by atoms with Crippen molar-refractivity contribution in [2.75, 3.05) is 14.1 Å². The van der Waals surface area contributed by atoms with Crippen LogP contribution in [0.25, 0.3) is 5.65 Å². The van der Waals surface area contributed by atoms with Crippen molar-refractivity contribution in [2.45, 2.75) is 20.0 Å². The molecule has 0 aliphatic carbocycles. The Morgan fingerprint density at radius 2 is 2.12 bits per heavy atom. The van der Waals surface area contributed by atoms with Crippen molar-refractivity contribution in [1.29, 1.82) is 0 Å². The van der Waals surface area contributed by atoms with Gasteiger partial charge in [0.1, 0.15) is 5.65 Å². The third-order valence-electron chi connectivity index (χ3n) is 3.53. The molecule has 0 fully saturated rings. The first-order valence-electron chi connectivity index (χ1n) is 7.51. The van der Waals surface area contributed by atoms with Crippen LogP contribution in [0.4, 0.5) is 0 Å². The number of thiazole rings is 1. The number of nitrogens with zero attached hydrogens (tertiary/aromatic N) is 5. The molecule has 0 bridgehead atoms. The fourth-order valence-electron chi connectivity index (χ4n) is 2.46. The average molecular weight is 535 g/mol. The number of halogens is 2. The highest BCUT2D eigenvalue weighted by molar-refractivity contribution is 14.0. The van der Waals surface area contributed by atoms with Gasteiger partial charge >= 0.3 is 0 Å². The van der Waals surface area contributed by atoms with Gasteiger partial charge in [0.05, 0.1) is 29.5 Å². The number of aliphatic imine (C=N–C) groups is 1. The molecule has 3 aromatic rings. The van der Waals surface area contributed by atoms with E-state index < -0.39 is 0 Å². The van der Waals surface area contributed by atoms with Crippen LogP contribution >= 0.6 is 51.2 Å². The molecule has 0 saturated heterocycles. The normalized spacial score (nSPS) is 11.4. The number of guanidine groups is 1. The Morgan fingerprint density at radius 3 is 2.80 bits per heavy atom. The SMILES string of the molecule is CN=C(NCc1cn2cc(Br)ccc2n1)N(C)Cc1csc(C)n1.I. The lowest BCUT2D eigenvalue weighted by Crippen LogP contribution is -2.38. The van der Waals surface area contributed by atoms with E-state index in [-0.39, 0.29) is 24.0 Å². The monoisotopic (exact) mass is 534 g/mol. The van der Waals surface area contributed by atoms with Crippen LogP contribution < -0.4 is 5.32 Å². The molecule has 1 N–H and O–H groups in total. The Balaban J connectivity index is 0.00000225. The summed E-state index contributed by atoms with van der Waals surface area (Å²) >= 11 is 5.14. The summed E-state index contributed by atoms with van der Waals surface area (Å²) in [6.07, 6.45) is 4.02. The standard InChI is InChI=1S/C16H19BrN6S.HI/c1-11-20-14(10-24-11)8-22(3)16(18-2)19-6-13-9-23-7-12(17)4-5-15(23)21-13;/h4-5,7,9-10H,6,8H2,1-3H3,(H,18,19);1H. The summed E-state index contributed by atoms with van der Waals surface area (Å²) in [6, 6.07) is 3.97. The number of imidazole rings is 1. The molecule has 0 radical (unpaired) electrons. The number of fused-ring (bicyclic) bond motifs is 1. The summed E-state index contributed by atoms with van der Waals surface area (Å²) in [4.78, 5) is 15.5. The van der Waals surface area contributed by atoms with Gasteiger partial charge in [0, 0.05) is 36.3 Å². The fourth-order valence-corrected chi connectivity index (χ4v) is 3.41. The first kappa shape index (κ1) is 20.1. The van der Waals surface area contributed by atoms with Crippen LogP contribution in [-0.4, -0.2) is 39.3 Å². The Hall–Kier alpha value is -1.20. The zero-order valence-corrected chi connectivity index (χ0v) is 19.0. The van der Waals surface area contributed by atoms with Gasteiger partial charge in [-0.2, -0.15) is 0 Å². The van der Waals surface area contributed by atoms with Gasteiger partial charge in [-0.05, 0) is 35.0 Å². The first-order chi connectivity index (χ1) is 11.5. The highest BCUT2D eigenvalue weighted by atomic mass is 127. The summed E-state index contributed by atoms with van der Waals surface area (Å²) in [6.45, 7) is 3.36. The highest BCUT2D eigenvalue weighted by Crippen LogP contribution is 2.13. The van der Waals surface area contributed by atoms with E-state index in [1.54, 1.807) is 18.4 Å². The maximum atomic E-state index is 4.60. The zero-order valence-electron chi connectivity index (χ0n) is 14.2. The number of nitrogens with one attached hydrogen (secondary N) is 1. The second-order valence-electron chi connectivity index (χ2n) is 5.46. The molecule has 9 heteroatoms. The van der Waals surface area contributed by atoms with E-state index >= 15 is 0 Å². The minimum atomic E-state index is 0. The van der Waals surface area contributed by atoms with Crippen molar-refractivity contribution in [3.05, 3.63) is 50.8 Å². The minimum Gasteiger partial charge on any atom is -0.351 e. The Labute approximate surface area is 176 Å². The van der Waals surface area contributed by atoms with Gasteiger partial charge in [-0.1, -0.05) is 0 Å². The lowest BCUT2D eigenvalue weighted by Gasteiger charge is -2.20. The second-order valence-corrected chi connectivity index (χ2v) is 7.44. The number of hydrogen-bond acceptors (Lipinski definition) is 4. The minimum absolute atomic E-state index is 0. The van der Waals surface area contributed by atoms with Crippen LogP contribution in [0, 0.1) is 6.92 Å². The van der Waals surface area contributed by atoms with Gasteiger partial charge in [-0.25, -0.2) is 9.97 Å². The van der Waals surface area contributed by atoms with Crippen molar-refractivity contribution < 1.29 is 0 Å². The van der Waals surface area contributed by atoms with Gasteiger partial charge in [-0.15, -0.1) is 35.3 Å². The lowest BCUT2D eigenvalue weighted by atomic mass is 10.4. The largest absolute Gasteiger partial charge is 0.351 e. The van der Waals surface area contributed by atoms with Crippen molar-refractivity contribution in [3.8, 4) is 0 Å². The summed E-state index contributed by atoms with van der Waals surface area (Å²) < 4.78 is 3.03. The highest BCUT2D eigenvalue weighted by Gasteiger charge is 2.09. The topological polar surface area (TPSA) is 57.8 Å². The van der Waals surface area contributed by atoms with Gasteiger partial charge < -0.3 is 14.6 Å². The number of pyridine rings is 1. The maximum absolute atomic E-state index is 4.60. The molecule has 0 saturated carbocycles. The van der Waals surface area contributed by atoms with Crippen molar-refractivity contribution in [2.24, 2.45) is 4.99 Å². The maximum Gasteiger partial charge on any atom is 0.194 e. The Morgan fingerprint density at radius 1 is 1.32 bits per heavy atom. The zero-order chi connectivity index (χ0) is 17.1. The molecule has 0 aromatic carbocycles. The van der Waals surface area contributed by atoms with Crippen LogP contribution in [0.2, 0.25) is 0 Å². The average Bonchev–Trinajstić information content (AvgIpc) is 3.13.